The minimum Gasteiger partial charge on any atom is -0.147 e. The highest BCUT2D eigenvalue weighted by atomic mass is 79.9. The molecule has 0 saturated heterocycles. The summed E-state index contributed by atoms with van der Waals surface area (Å²) in [5.41, 5.74) is 0. The highest BCUT2D eigenvalue weighted by Crippen LogP contribution is 2.34. The van der Waals surface area contributed by atoms with Crippen LogP contribution in [0.2, 0.25) is 5.02 Å². The lowest BCUT2D eigenvalue weighted by Gasteiger charge is -2.25. The van der Waals surface area contributed by atoms with E-state index < -0.39 is 0 Å². The summed E-state index contributed by atoms with van der Waals surface area (Å²) in [7, 11) is 0. The molecule has 78 valence electrons. The molecule has 1 aromatic rings. The van der Waals surface area contributed by atoms with Crippen LogP contribution in [0, 0.1) is 5.92 Å². The lowest BCUT2D eigenvalue weighted by Crippen LogP contribution is -2.16. The molecule has 0 nitrogen and oxygen atoms in total. The van der Waals surface area contributed by atoms with E-state index in [0.29, 0.717) is 0 Å². The molecular weight excluding hydrogens is 280 g/mol. The van der Waals surface area contributed by atoms with Gasteiger partial charge in [-0.2, -0.15) is 0 Å². The summed E-state index contributed by atoms with van der Waals surface area (Å²) in [5, 5.41) is 3.05. The maximum absolute atomic E-state index is 6.09. The predicted molar refractivity (Wildman–Crippen MR) is 67.7 cm³/mol. The van der Waals surface area contributed by atoms with Crippen LogP contribution in [0.3, 0.4) is 0 Å². The van der Waals surface area contributed by atoms with Gasteiger partial charge in [0.05, 0.1) is 5.02 Å². The van der Waals surface area contributed by atoms with Crippen LogP contribution in [0.4, 0.5) is 0 Å². The van der Waals surface area contributed by atoms with Crippen LogP contribution in [0.1, 0.15) is 30.6 Å². The third-order valence-electron chi connectivity index (χ3n) is 2.88. The van der Waals surface area contributed by atoms with Crippen LogP contribution in [-0.4, -0.2) is 4.83 Å². The Labute approximate surface area is 103 Å². The summed E-state index contributed by atoms with van der Waals surface area (Å²) < 4.78 is 0. The van der Waals surface area contributed by atoms with Gasteiger partial charge in [0, 0.05) is 9.70 Å². The molecular formula is C11H14BrClS. The average Bonchev–Trinajstić information content (AvgIpc) is 2.52. The smallest absolute Gasteiger partial charge is 0.0545 e. The van der Waals surface area contributed by atoms with Crippen LogP contribution in [-0.2, 0) is 6.42 Å². The van der Waals surface area contributed by atoms with Crippen molar-refractivity contribution in [1.29, 1.82) is 0 Å². The monoisotopic (exact) mass is 292 g/mol. The second-order valence-corrected chi connectivity index (χ2v) is 6.73. The molecule has 3 heteroatoms. The van der Waals surface area contributed by atoms with Gasteiger partial charge in [-0.3, -0.25) is 0 Å². The van der Waals surface area contributed by atoms with Gasteiger partial charge >= 0.3 is 0 Å². The molecule has 2 unspecified atom stereocenters. The molecule has 1 aliphatic rings. The van der Waals surface area contributed by atoms with E-state index in [0.717, 1.165) is 15.8 Å². The van der Waals surface area contributed by atoms with Crippen molar-refractivity contribution in [3.05, 3.63) is 21.3 Å². The van der Waals surface area contributed by atoms with Crippen LogP contribution in [0.15, 0.2) is 11.4 Å². The quantitative estimate of drug-likeness (QED) is 0.681. The Bertz CT molecular complexity index is 297. The van der Waals surface area contributed by atoms with E-state index in [9.17, 15) is 0 Å². The van der Waals surface area contributed by atoms with E-state index in [1.807, 2.05) is 6.07 Å². The molecule has 1 saturated carbocycles. The van der Waals surface area contributed by atoms with E-state index in [1.54, 1.807) is 11.3 Å². The standard InChI is InChI=1S/C11H14BrClS/c12-9-3-1-2-8(6-9)7-11-10(13)4-5-14-11/h4-5,8-9H,1-3,6-7H2. The second kappa shape index (κ2) is 5.00. The Morgan fingerprint density at radius 1 is 1.50 bits per heavy atom. The largest absolute Gasteiger partial charge is 0.147 e. The fourth-order valence-electron chi connectivity index (χ4n) is 2.14. The molecule has 0 radical (unpaired) electrons. The maximum Gasteiger partial charge on any atom is 0.0545 e. The molecule has 1 heterocycles. The Hall–Kier alpha value is 0.470. The fraction of sp³-hybridized carbons (Fsp3) is 0.636. The van der Waals surface area contributed by atoms with Crippen molar-refractivity contribution >= 4 is 38.9 Å². The molecule has 2 rings (SSSR count). The molecule has 0 N–H and O–H groups in total. The minimum absolute atomic E-state index is 0.736. The van der Waals surface area contributed by atoms with E-state index in [1.165, 1.54) is 37.0 Å². The lowest BCUT2D eigenvalue weighted by atomic mass is 9.86. The average molecular weight is 294 g/mol. The van der Waals surface area contributed by atoms with E-state index in [-0.39, 0.29) is 0 Å². The summed E-state index contributed by atoms with van der Waals surface area (Å²) in [6.07, 6.45) is 6.57. The first-order valence-electron chi connectivity index (χ1n) is 5.11. The van der Waals surface area contributed by atoms with Crippen molar-refractivity contribution in [3.8, 4) is 0 Å². The molecule has 0 bridgehead atoms. The van der Waals surface area contributed by atoms with Crippen molar-refractivity contribution in [3.63, 3.8) is 0 Å². The highest BCUT2D eigenvalue weighted by Gasteiger charge is 2.21. The lowest BCUT2D eigenvalue weighted by molar-refractivity contribution is 0.369. The summed E-state index contributed by atoms with van der Waals surface area (Å²) in [6.45, 7) is 0. The third kappa shape index (κ3) is 2.74. The first kappa shape index (κ1) is 11.0. The summed E-state index contributed by atoms with van der Waals surface area (Å²) in [5.74, 6) is 0.837. The van der Waals surface area contributed by atoms with E-state index in [4.69, 9.17) is 11.6 Å². The Morgan fingerprint density at radius 2 is 2.36 bits per heavy atom. The number of halogens is 2. The number of hydrogen-bond donors (Lipinski definition) is 0. The molecule has 0 amide bonds. The predicted octanol–water partition coefficient (Wildman–Crippen LogP) is 4.90. The van der Waals surface area contributed by atoms with Crippen LogP contribution < -0.4 is 0 Å². The van der Waals surface area contributed by atoms with Crippen molar-refractivity contribution in [1.82, 2.24) is 0 Å². The molecule has 14 heavy (non-hydrogen) atoms. The van der Waals surface area contributed by atoms with Gasteiger partial charge in [-0.05, 0) is 36.6 Å². The molecule has 0 aromatic carbocycles. The normalized spacial score (nSPS) is 27.9. The molecule has 0 spiro atoms. The molecule has 1 fully saturated rings. The van der Waals surface area contributed by atoms with Crippen LogP contribution >= 0.6 is 38.9 Å². The highest BCUT2D eigenvalue weighted by molar-refractivity contribution is 9.09. The topological polar surface area (TPSA) is 0 Å². The third-order valence-corrected chi connectivity index (χ3v) is 5.13. The Morgan fingerprint density at radius 3 is 3.00 bits per heavy atom. The van der Waals surface area contributed by atoms with E-state index in [2.05, 4.69) is 21.3 Å². The molecule has 2 atom stereocenters. The van der Waals surface area contributed by atoms with Crippen molar-refractivity contribution in [2.45, 2.75) is 36.9 Å². The molecule has 1 aliphatic carbocycles. The first-order valence-corrected chi connectivity index (χ1v) is 7.29. The molecule has 1 aromatic heterocycles. The first-order chi connectivity index (χ1) is 6.75. The fourth-order valence-corrected chi connectivity index (χ4v) is 4.23. The van der Waals surface area contributed by atoms with Gasteiger partial charge in [-0.1, -0.05) is 40.4 Å². The second-order valence-electron chi connectivity index (χ2n) is 4.03. The number of rotatable bonds is 2. The summed E-state index contributed by atoms with van der Waals surface area (Å²) >= 11 is 11.6. The van der Waals surface area contributed by atoms with Crippen molar-refractivity contribution in [2.24, 2.45) is 5.92 Å². The van der Waals surface area contributed by atoms with E-state index >= 15 is 0 Å². The zero-order valence-electron chi connectivity index (χ0n) is 8.01. The van der Waals surface area contributed by atoms with Crippen LogP contribution in [0.5, 0.6) is 0 Å². The number of thiophene rings is 1. The van der Waals surface area contributed by atoms with Crippen LogP contribution in [0.25, 0.3) is 0 Å². The Balaban J connectivity index is 1.94. The van der Waals surface area contributed by atoms with Crippen molar-refractivity contribution < 1.29 is 0 Å². The zero-order chi connectivity index (χ0) is 9.97. The maximum atomic E-state index is 6.09. The van der Waals surface area contributed by atoms with Gasteiger partial charge in [0.15, 0.2) is 0 Å². The van der Waals surface area contributed by atoms with Crippen molar-refractivity contribution in [2.75, 3.05) is 0 Å². The summed E-state index contributed by atoms with van der Waals surface area (Å²) in [6, 6.07) is 2.01. The van der Waals surface area contributed by atoms with Gasteiger partial charge in [-0.25, -0.2) is 0 Å². The zero-order valence-corrected chi connectivity index (χ0v) is 11.2. The number of hydrogen-bond acceptors (Lipinski definition) is 1. The molecule has 0 aliphatic heterocycles. The van der Waals surface area contributed by atoms with Gasteiger partial charge < -0.3 is 0 Å². The van der Waals surface area contributed by atoms with Gasteiger partial charge in [-0.15, -0.1) is 11.3 Å². The summed E-state index contributed by atoms with van der Waals surface area (Å²) in [4.78, 5) is 2.11. The SMILES string of the molecule is Clc1ccsc1CC1CCCC(Br)C1. The minimum atomic E-state index is 0.736. The Kier molecular flexibility index (Phi) is 3.92. The van der Waals surface area contributed by atoms with Gasteiger partial charge in [0.1, 0.15) is 0 Å². The van der Waals surface area contributed by atoms with Gasteiger partial charge in [0.25, 0.3) is 0 Å². The van der Waals surface area contributed by atoms with Gasteiger partial charge in [0.2, 0.25) is 0 Å². The number of alkyl halides is 1.